The highest BCUT2D eigenvalue weighted by Gasteiger charge is 2.16. The number of carbonyl (C=O) groups is 1. The smallest absolute Gasteiger partial charge is 0.308 e. The van der Waals surface area contributed by atoms with Gasteiger partial charge in [0.05, 0.1) is 21.7 Å². The number of benzene rings is 1. The molecule has 1 aromatic carbocycles. The molecular formula is C11H13Cl2NO2. The van der Waals surface area contributed by atoms with Crippen LogP contribution in [0.1, 0.15) is 6.92 Å². The van der Waals surface area contributed by atoms with Crippen molar-refractivity contribution in [2.75, 3.05) is 18.5 Å². The molecule has 1 N–H and O–H groups in total. The molecule has 0 spiro atoms. The van der Waals surface area contributed by atoms with Crippen molar-refractivity contribution in [1.29, 1.82) is 0 Å². The number of anilines is 1. The van der Waals surface area contributed by atoms with Gasteiger partial charge in [0.25, 0.3) is 0 Å². The molecule has 0 aliphatic heterocycles. The largest absolute Gasteiger partial charge is 0.481 e. The Morgan fingerprint density at radius 1 is 1.50 bits per heavy atom. The van der Waals surface area contributed by atoms with Gasteiger partial charge in [-0.1, -0.05) is 36.2 Å². The molecule has 0 aliphatic rings. The van der Waals surface area contributed by atoms with Gasteiger partial charge in [-0.2, -0.15) is 0 Å². The van der Waals surface area contributed by atoms with Crippen LogP contribution in [0.3, 0.4) is 0 Å². The molecule has 1 rings (SSSR count). The van der Waals surface area contributed by atoms with Crippen LogP contribution in [0.5, 0.6) is 0 Å². The first-order valence-corrected chi connectivity index (χ1v) is 5.57. The van der Waals surface area contributed by atoms with Gasteiger partial charge < -0.3 is 10.0 Å². The van der Waals surface area contributed by atoms with E-state index in [0.717, 1.165) is 5.69 Å². The Morgan fingerprint density at radius 2 is 2.12 bits per heavy atom. The highest BCUT2D eigenvalue weighted by atomic mass is 35.5. The van der Waals surface area contributed by atoms with E-state index in [1.54, 1.807) is 31.0 Å². The lowest BCUT2D eigenvalue weighted by Gasteiger charge is -2.22. The van der Waals surface area contributed by atoms with E-state index >= 15 is 0 Å². The zero-order valence-corrected chi connectivity index (χ0v) is 10.6. The molecular weight excluding hydrogens is 249 g/mol. The molecule has 0 bridgehead atoms. The second-order valence-corrected chi connectivity index (χ2v) is 4.48. The lowest BCUT2D eigenvalue weighted by molar-refractivity contribution is -0.140. The summed E-state index contributed by atoms with van der Waals surface area (Å²) in [5.74, 6) is -1.29. The van der Waals surface area contributed by atoms with Gasteiger partial charge in [0.2, 0.25) is 0 Å². The van der Waals surface area contributed by atoms with E-state index in [4.69, 9.17) is 28.3 Å². The predicted octanol–water partition coefficient (Wildman–Crippen LogP) is 3.15. The Kier molecular flexibility index (Phi) is 4.44. The molecule has 0 saturated heterocycles. The van der Waals surface area contributed by atoms with Crippen molar-refractivity contribution in [3.8, 4) is 0 Å². The quantitative estimate of drug-likeness (QED) is 0.906. The SMILES string of the molecule is CC(CN(C)c1cccc(Cl)c1Cl)C(=O)O. The second-order valence-electron chi connectivity index (χ2n) is 3.69. The van der Waals surface area contributed by atoms with Gasteiger partial charge in [-0.15, -0.1) is 0 Å². The summed E-state index contributed by atoms with van der Waals surface area (Å²) in [6.07, 6.45) is 0. The molecule has 0 saturated carbocycles. The van der Waals surface area contributed by atoms with Crippen LogP contribution < -0.4 is 4.90 Å². The van der Waals surface area contributed by atoms with Gasteiger partial charge in [0, 0.05) is 13.6 Å². The molecule has 1 unspecified atom stereocenters. The minimum absolute atomic E-state index is 0.384. The van der Waals surface area contributed by atoms with Gasteiger partial charge >= 0.3 is 5.97 Å². The highest BCUT2D eigenvalue weighted by Crippen LogP contribution is 2.31. The van der Waals surface area contributed by atoms with Crippen molar-refractivity contribution in [1.82, 2.24) is 0 Å². The Bertz CT molecular complexity index is 396. The van der Waals surface area contributed by atoms with E-state index in [9.17, 15) is 4.79 Å². The molecule has 1 atom stereocenters. The first-order chi connectivity index (χ1) is 7.43. The number of nitrogens with zero attached hydrogens (tertiary/aromatic N) is 1. The van der Waals surface area contributed by atoms with Crippen LogP contribution in [0, 0.1) is 5.92 Å². The number of halogens is 2. The number of aliphatic carboxylic acids is 1. The van der Waals surface area contributed by atoms with Crippen molar-refractivity contribution in [3.05, 3.63) is 28.2 Å². The maximum absolute atomic E-state index is 10.7. The second kappa shape index (κ2) is 5.41. The Morgan fingerprint density at radius 3 is 2.69 bits per heavy atom. The first-order valence-electron chi connectivity index (χ1n) is 4.81. The number of hydrogen-bond acceptors (Lipinski definition) is 2. The molecule has 0 aromatic heterocycles. The van der Waals surface area contributed by atoms with Crippen molar-refractivity contribution in [3.63, 3.8) is 0 Å². The maximum atomic E-state index is 10.7. The Balaban J connectivity index is 2.84. The van der Waals surface area contributed by atoms with E-state index < -0.39 is 11.9 Å². The van der Waals surface area contributed by atoms with E-state index in [-0.39, 0.29) is 0 Å². The van der Waals surface area contributed by atoms with Gasteiger partial charge in [-0.3, -0.25) is 4.79 Å². The molecule has 0 fully saturated rings. The molecule has 0 amide bonds. The topological polar surface area (TPSA) is 40.5 Å². The number of rotatable bonds is 4. The third-order valence-corrected chi connectivity index (χ3v) is 3.12. The van der Waals surface area contributed by atoms with Crippen LogP contribution in [0.4, 0.5) is 5.69 Å². The van der Waals surface area contributed by atoms with Crippen LogP contribution in [-0.2, 0) is 4.79 Å². The van der Waals surface area contributed by atoms with Crippen LogP contribution in [0.15, 0.2) is 18.2 Å². The predicted molar refractivity (Wildman–Crippen MR) is 66.5 cm³/mol. The number of carboxylic acid groups (broad SMARTS) is 1. The zero-order valence-electron chi connectivity index (χ0n) is 9.08. The summed E-state index contributed by atoms with van der Waals surface area (Å²) < 4.78 is 0. The fraction of sp³-hybridized carbons (Fsp3) is 0.364. The Hall–Kier alpha value is -0.930. The molecule has 1 aromatic rings. The van der Waals surface area contributed by atoms with Crippen molar-refractivity contribution in [2.24, 2.45) is 5.92 Å². The van der Waals surface area contributed by atoms with E-state index in [1.807, 2.05) is 6.07 Å². The lowest BCUT2D eigenvalue weighted by atomic mass is 10.1. The van der Waals surface area contributed by atoms with Gasteiger partial charge in [0.1, 0.15) is 0 Å². The first kappa shape index (κ1) is 13.1. The van der Waals surface area contributed by atoms with Crippen molar-refractivity contribution >= 4 is 34.9 Å². The summed E-state index contributed by atoms with van der Waals surface area (Å²) >= 11 is 11.9. The highest BCUT2D eigenvalue weighted by molar-refractivity contribution is 6.43. The molecule has 0 heterocycles. The average molecular weight is 262 g/mol. The molecule has 16 heavy (non-hydrogen) atoms. The number of hydrogen-bond donors (Lipinski definition) is 1. The van der Waals surface area contributed by atoms with E-state index in [2.05, 4.69) is 0 Å². The van der Waals surface area contributed by atoms with Gasteiger partial charge in [-0.05, 0) is 12.1 Å². The minimum atomic E-state index is -0.829. The van der Waals surface area contributed by atoms with Crippen LogP contribution in [-0.4, -0.2) is 24.7 Å². The summed E-state index contributed by atoms with van der Waals surface area (Å²) in [6, 6.07) is 5.29. The summed E-state index contributed by atoms with van der Waals surface area (Å²) in [6.45, 7) is 2.03. The number of carboxylic acids is 1. The monoisotopic (exact) mass is 261 g/mol. The molecule has 3 nitrogen and oxygen atoms in total. The summed E-state index contributed by atoms with van der Waals surface area (Å²) in [4.78, 5) is 12.5. The summed E-state index contributed by atoms with van der Waals surface area (Å²) in [7, 11) is 1.79. The third kappa shape index (κ3) is 3.03. The fourth-order valence-electron chi connectivity index (χ4n) is 1.37. The molecule has 0 radical (unpaired) electrons. The van der Waals surface area contributed by atoms with E-state index in [1.165, 1.54) is 0 Å². The lowest BCUT2D eigenvalue weighted by Crippen LogP contribution is -2.28. The van der Waals surface area contributed by atoms with Crippen molar-refractivity contribution < 1.29 is 9.90 Å². The van der Waals surface area contributed by atoms with Gasteiger partial charge in [0.15, 0.2) is 0 Å². The Labute approximate surface area is 105 Å². The van der Waals surface area contributed by atoms with Crippen LogP contribution in [0.2, 0.25) is 10.0 Å². The van der Waals surface area contributed by atoms with Crippen molar-refractivity contribution in [2.45, 2.75) is 6.92 Å². The zero-order chi connectivity index (χ0) is 12.3. The molecule has 0 aliphatic carbocycles. The normalized spacial score (nSPS) is 12.2. The standard InChI is InChI=1S/C11H13Cl2NO2/c1-7(11(15)16)6-14(2)9-5-3-4-8(12)10(9)13/h3-5,7H,6H2,1-2H3,(H,15,16). The maximum Gasteiger partial charge on any atom is 0.308 e. The van der Waals surface area contributed by atoms with Crippen LogP contribution in [0.25, 0.3) is 0 Å². The average Bonchev–Trinajstić information content (AvgIpc) is 2.21. The summed E-state index contributed by atoms with van der Waals surface area (Å²) in [5, 5.41) is 9.73. The van der Waals surface area contributed by atoms with Crippen LogP contribution >= 0.6 is 23.2 Å². The fourth-order valence-corrected chi connectivity index (χ4v) is 1.81. The summed E-state index contributed by atoms with van der Waals surface area (Å²) in [5.41, 5.74) is 0.738. The van der Waals surface area contributed by atoms with Gasteiger partial charge in [-0.25, -0.2) is 0 Å². The minimum Gasteiger partial charge on any atom is -0.481 e. The van der Waals surface area contributed by atoms with E-state index in [0.29, 0.717) is 16.6 Å². The molecule has 88 valence electrons. The molecule has 5 heteroatoms. The third-order valence-electron chi connectivity index (χ3n) is 2.31.